The number of rotatable bonds is 7. The average Bonchev–Trinajstić information content (AvgIpc) is 3.14. The smallest absolute Gasteiger partial charge is 0.409 e. The molecule has 164 valence electrons. The molecule has 1 amide bonds. The zero-order chi connectivity index (χ0) is 21.6. The number of imidazole rings is 1. The van der Waals surface area contributed by atoms with E-state index >= 15 is 0 Å². The highest BCUT2D eigenvalue weighted by molar-refractivity contribution is 5.75. The van der Waals surface area contributed by atoms with Crippen LogP contribution in [0.2, 0.25) is 0 Å². The fraction of sp³-hybridized carbons (Fsp3) is 0.417. The lowest BCUT2D eigenvalue weighted by Gasteiger charge is -2.32. The molecule has 4 rings (SSSR count). The van der Waals surface area contributed by atoms with Gasteiger partial charge < -0.3 is 14.6 Å². The van der Waals surface area contributed by atoms with Crippen LogP contribution in [0.5, 0.6) is 0 Å². The first-order chi connectivity index (χ1) is 15.2. The fourth-order valence-corrected chi connectivity index (χ4v) is 4.29. The molecular weight excluding hydrogens is 392 g/mol. The molecule has 0 spiro atoms. The number of fused-ring (bicyclic) bond motifs is 1. The van der Waals surface area contributed by atoms with Gasteiger partial charge >= 0.3 is 11.8 Å². The van der Waals surface area contributed by atoms with Crippen molar-refractivity contribution in [2.24, 2.45) is 0 Å². The molecule has 1 aliphatic heterocycles. The number of hydrogen-bond donors (Lipinski definition) is 1. The summed E-state index contributed by atoms with van der Waals surface area (Å²) in [5.74, 6) is 0. The predicted octanol–water partition coefficient (Wildman–Crippen LogP) is 3.63. The van der Waals surface area contributed by atoms with Crippen LogP contribution in [-0.4, -0.2) is 58.2 Å². The van der Waals surface area contributed by atoms with E-state index in [1.807, 2.05) is 47.0 Å². The quantitative estimate of drug-likeness (QED) is 0.631. The van der Waals surface area contributed by atoms with Crippen LogP contribution in [0.15, 0.2) is 59.4 Å². The van der Waals surface area contributed by atoms with Crippen molar-refractivity contribution in [1.29, 1.82) is 0 Å². The minimum atomic E-state index is -0.263. The number of likely N-dealkylation sites (tertiary alicyclic amines) is 1. The molecule has 31 heavy (non-hydrogen) atoms. The van der Waals surface area contributed by atoms with Gasteiger partial charge in [-0.05, 0) is 37.1 Å². The predicted molar refractivity (Wildman–Crippen MR) is 121 cm³/mol. The Balaban J connectivity index is 1.25. The lowest BCUT2D eigenvalue weighted by molar-refractivity contribution is 0.0786. The minimum absolute atomic E-state index is 0.0831. The third-order valence-corrected chi connectivity index (χ3v) is 6.04. The molecular formula is C24H30N4O3. The largest absolute Gasteiger partial charge is 0.448 e. The van der Waals surface area contributed by atoms with Crippen LogP contribution in [-0.2, 0) is 11.3 Å². The normalized spacial score (nSPS) is 15.0. The Morgan fingerprint density at radius 2 is 1.81 bits per heavy atom. The van der Waals surface area contributed by atoms with Crippen LogP contribution in [0.3, 0.4) is 0 Å². The number of nitrogens with zero attached hydrogens (tertiary/aromatic N) is 3. The number of H-pyrrole nitrogens is 1. The maximum absolute atomic E-state index is 12.5. The fourth-order valence-electron chi connectivity index (χ4n) is 4.29. The summed E-state index contributed by atoms with van der Waals surface area (Å²) in [6.45, 7) is 6.13. The maximum atomic E-state index is 12.5. The summed E-state index contributed by atoms with van der Waals surface area (Å²) in [4.78, 5) is 31.9. The molecule has 1 aromatic heterocycles. The number of likely N-dealkylation sites (N-methyl/N-ethyl adjacent to an activating group) is 1. The molecule has 7 nitrogen and oxygen atoms in total. The van der Waals surface area contributed by atoms with Crippen molar-refractivity contribution in [3.63, 3.8) is 0 Å². The van der Waals surface area contributed by atoms with Crippen LogP contribution in [0.25, 0.3) is 11.0 Å². The molecule has 1 N–H and O–H groups in total. The summed E-state index contributed by atoms with van der Waals surface area (Å²) in [7, 11) is 0. The topological polar surface area (TPSA) is 70.6 Å². The molecule has 0 saturated carbocycles. The van der Waals surface area contributed by atoms with Gasteiger partial charge in [0, 0.05) is 32.2 Å². The van der Waals surface area contributed by atoms with Gasteiger partial charge in [0.1, 0.15) is 6.61 Å². The molecule has 1 aliphatic rings. The Morgan fingerprint density at radius 3 is 2.55 bits per heavy atom. The standard InChI is InChI=1S/C24H30N4O3/c1-2-26(18-19-8-4-3-5-9-19)16-17-31-24(30)27-14-12-20(13-15-27)28-22-11-7-6-10-21(22)25-23(28)29/h3-11,20H,2,12-18H2,1H3,(H,25,29). The number of nitrogens with one attached hydrogen (secondary N) is 1. The van der Waals surface area contributed by atoms with Crippen LogP contribution in [0.4, 0.5) is 4.79 Å². The number of amides is 1. The number of hydrogen-bond acceptors (Lipinski definition) is 4. The van der Waals surface area contributed by atoms with Crippen molar-refractivity contribution in [1.82, 2.24) is 19.4 Å². The van der Waals surface area contributed by atoms with Crippen LogP contribution < -0.4 is 5.69 Å². The van der Waals surface area contributed by atoms with E-state index in [9.17, 15) is 9.59 Å². The third-order valence-electron chi connectivity index (χ3n) is 6.04. The van der Waals surface area contributed by atoms with Crippen molar-refractivity contribution in [2.45, 2.75) is 32.4 Å². The van der Waals surface area contributed by atoms with Crippen LogP contribution in [0, 0.1) is 0 Å². The summed E-state index contributed by atoms with van der Waals surface area (Å²) in [5.41, 5.74) is 2.95. The lowest BCUT2D eigenvalue weighted by atomic mass is 10.0. The van der Waals surface area contributed by atoms with E-state index in [0.717, 1.165) is 37.0 Å². The summed E-state index contributed by atoms with van der Waals surface area (Å²) < 4.78 is 7.38. The first kappa shape index (κ1) is 21.2. The molecule has 1 saturated heterocycles. The number of piperidine rings is 1. The second kappa shape index (κ2) is 9.83. The number of para-hydroxylation sites is 2. The molecule has 0 unspecified atom stereocenters. The molecule has 0 atom stereocenters. The van der Waals surface area contributed by atoms with Gasteiger partial charge in [0.05, 0.1) is 11.0 Å². The molecule has 2 aromatic carbocycles. The summed E-state index contributed by atoms with van der Waals surface area (Å²) in [6.07, 6.45) is 1.22. The van der Waals surface area contributed by atoms with Crippen molar-refractivity contribution in [2.75, 3.05) is 32.8 Å². The van der Waals surface area contributed by atoms with E-state index < -0.39 is 0 Å². The van der Waals surface area contributed by atoms with Gasteiger partial charge in [-0.3, -0.25) is 9.47 Å². The number of aromatic amines is 1. The van der Waals surface area contributed by atoms with Crippen LogP contribution in [0.1, 0.15) is 31.4 Å². The van der Waals surface area contributed by atoms with Crippen LogP contribution >= 0.6 is 0 Å². The van der Waals surface area contributed by atoms with E-state index in [0.29, 0.717) is 26.2 Å². The number of carbonyl (C=O) groups is 1. The summed E-state index contributed by atoms with van der Waals surface area (Å²) in [5, 5.41) is 0. The van der Waals surface area contributed by atoms with E-state index in [1.54, 1.807) is 4.90 Å². The SMILES string of the molecule is CCN(CCOC(=O)N1CCC(n2c(=O)[nH]c3ccccc32)CC1)Cc1ccccc1. The highest BCUT2D eigenvalue weighted by Crippen LogP contribution is 2.25. The Bertz CT molecular complexity index is 1050. The number of carbonyl (C=O) groups excluding carboxylic acids is 1. The molecule has 2 heterocycles. The number of ether oxygens (including phenoxy) is 1. The zero-order valence-electron chi connectivity index (χ0n) is 18.0. The number of aromatic nitrogens is 2. The Hall–Kier alpha value is -3.06. The molecule has 7 heteroatoms. The highest BCUT2D eigenvalue weighted by Gasteiger charge is 2.26. The van der Waals surface area contributed by atoms with E-state index in [-0.39, 0.29) is 17.8 Å². The number of benzene rings is 2. The zero-order valence-corrected chi connectivity index (χ0v) is 18.0. The highest BCUT2D eigenvalue weighted by atomic mass is 16.6. The lowest BCUT2D eigenvalue weighted by Crippen LogP contribution is -2.41. The Morgan fingerprint density at radius 1 is 1.10 bits per heavy atom. The first-order valence-electron chi connectivity index (χ1n) is 11.0. The van der Waals surface area contributed by atoms with E-state index in [2.05, 4.69) is 28.9 Å². The maximum Gasteiger partial charge on any atom is 0.409 e. The van der Waals surface area contributed by atoms with Crippen molar-refractivity contribution in [3.05, 3.63) is 70.6 Å². The van der Waals surface area contributed by atoms with Gasteiger partial charge in [-0.1, -0.05) is 49.4 Å². The Kier molecular flexibility index (Phi) is 6.72. The second-order valence-corrected chi connectivity index (χ2v) is 8.00. The second-order valence-electron chi connectivity index (χ2n) is 8.00. The van der Waals surface area contributed by atoms with Gasteiger partial charge in [-0.25, -0.2) is 9.59 Å². The monoisotopic (exact) mass is 422 g/mol. The van der Waals surface area contributed by atoms with Gasteiger partial charge in [-0.2, -0.15) is 0 Å². The average molecular weight is 423 g/mol. The molecule has 0 aliphatic carbocycles. The van der Waals surface area contributed by atoms with E-state index in [4.69, 9.17) is 4.74 Å². The molecule has 3 aromatic rings. The summed E-state index contributed by atoms with van der Waals surface area (Å²) in [6, 6.07) is 18.1. The van der Waals surface area contributed by atoms with E-state index in [1.165, 1.54) is 5.56 Å². The van der Waals surface area contributed by atoms with Crippen molar-refractivity contribution < 1.29 is 9.53 Å². The van der Waals surface area contributed by atoms with Crippen molar-refractivity contribution in [3.8, 4) is 0 Å². The molecule has 1 fully saturated rings. The first-order valence-corrected chi connectivity index (χ1v) is 11.0. The van der Waals surface area contributed by atoms with Crippen molar-refractivity contribution >= 4 is 17.1 Å². The van der Waals surface area contributed by atoms with Gasteiger partial charge in [0.2, 0.25) is 0 Å². The van der Waals surface area contributed by atoms with Gasteiger partial charge in [0.15, 0.2) is 0 Å². The van der Waals surface area contributed by atoms with Gasteiger partial charge in [-0.15, -0.1) is 0 Å². The minimum Gasteiger partial charge on any atom is -0.448 e. The Labute approximate surface area is 182 Å². The molecule has 0 radical (unpaired) electrons. The van der Waals surface area contributed by atoms with Gasteiger partial charge in [0.25, 0.3) is 0 Å². The summed E-state index contributed by atoms with van der Waals surface area (Å²) >= 11 is 0. The molecule has 0 bridgehead atoms. The third kappa shape index (κ3) is 4.99.